The number of pyridine rings is 1. The van der Waals surface area contributed by atoms with E-state index >= 15 is 0 Å². The topological polar surface area (TPSA) is 97.2 Å². The number of fused-ring (bicyclic) bond motifs is 1. The minimum absolute atomic E-state index is 0.0668. The van der Waals surface area contributed by atoms with E-state index in [1.807, 2.05) is 37.3 Å². The van der Waals surface area contributed by atoms with Crippen LogP contribution in [0.15, 0.2) is 36.4 Å². The molecule has 1 N–H and O–H groups in total. The van der Waals surface area contributed by atoms with Gasteiger partial charge in [-0.25, -0.2) is 22.8 Å². The molecule has 0 unspecified atom stereocenters. The van der Waals surface area contributed by atoms with Crippen molar-refractivity contribution >= 4 is 32.7 Å². The molecule has 1 saturated heterocycles. The summed E-state index contributed by atoms with van der Waals surface area (Å²) in [5, 5.41) is 5.57. The molecule has 1 aromatic carbocycles. The molecule has 3 heterocycles. The van der Waals surface area contributed by atoms with Crippen molar-refractivity contribution in [3.8, 4) is 5.69 Å². The summed E-state index contributed by atoms with van der Waals surface area (Å²) in [5.41, 5.74) is 3.12. The van der Waals surface area contributed by atoms with Gasteiger partial charge in [0.1, 0.15) is 5.69 Å². The van der Waals surface area contributed by atoms with E-state index in [0.717, 1.165) is 48.4 Å². The molecular weight excluding hydrogens is 402 g/mol. The Morgan fingerprint density at radius 3 is 2.50 bits per heavy atom. The van der Waals surface area contributed by atoms with E-state index < -0.39 is 15.9 Å². The first-order valence-electron chi connectivity index (χ1n) is 10.1. The van der Waals surface area contributed by atoms with E-state index in [-0.39, 0.29) is 11.4 Å². The van der Waals surface area contributed by atoms with Crippen LogP contribution in [0.25, 0.3) is 16.7 Å². The summed E-state index contributed by atoms with van der Waals surface area (Å²) in [4.78, 5) is 19.5. The highest BCUT2D eigenvalue weighted by atomic mass is 32.2. The number of hydrogen-bond donors (Lipinski definition) is 1. The number of nitrogens with one attached hydrogen (secondary N) is 1. The molecule has 1 aliphatic heterocycles. The molecule has 1 aliphatic rings. The molecule has 0 bridgehead atoms. The smallest absolute Gasteiger partial charge is 0.283 e. The maximum absolute atomic E-state index is 12.8. The molecule has 158 valence electrons. The van der Waals surface area contributed by atoms with Gasteiger partial charge in [-0.15, -0.1) is 0 Å². The fourth-order valence-corrected chi connectivity index (χ4v) is 4.31. The molecule has 1 fully saturated rings. The molecule has 0 saturated carbocycles. The third kappa shape index (κ3) is 3.89. The van der Waals surface area contributed by atoms with Crippen LogP contribution in [0, 0.1) is 6.92 Å². The van der Waals surface area contributed by atoms with Crippen LogP contribution < -0.4 is 9.62 Å². The Morgan fingerprint density at radius 1 is 1.13 bits per heavy atom. The number of benzene rings is 1. The van der Waals surface area contributed by atoms with Crippen molar-refractivity contribution < 1.29 is 13.2 Å². The van der Waals surface area contributed by atoms with Crippen molar-refractivity contribution in [1.29, 1.82) is 0 Å². The number of rotatable bonds is 5. The number of piperidine rings is 1. The van der Waals surface area contributed by atoms with Crippen LogP contribution in [-0.2, 0) is 10.0 Å². The quantitative estimate of drug-likeness (QED) is 0.672. The minimum Gasteiger partial charge on any atom is -0.371 e. The third-order valence-corrected chi connectivity index (χ3v) is 6.61. The number of amides is 1. The van der Waals surface area contributed by atoms with Crippen molar-refractivity contribution in [2.45, 2.75) is 33.1 Å². The van der Waals surface area contributed by atoms with E-state index in [0.29, 0.717) is 5.65 Å². The molecular formula is C21H25N5O3S. The molecule has 1 amide bonds. The fourth-order valence-electron chi connectivity index (χ4n) is 3.78. The second-order valence-electron chi connectivity index (χ2n) is 7.44. The van der Waals surface area contributed by atoms with E-state index in [4.69, 9.17) is 0 Å². The van der Waals surface area contributed by atoms with Crippen molar-refractivity contribution in [2.75, 3.05) is 23.7 Å². The summed E-state index contributed by atoms with van der Waals surface area (Å²) in [6.45, 7) is 5.17. The highest BCUT2D eigenvalue weighted by molar-refractivity contribution is 7.90. The van der Waals surface area contributed by atoms with Gasteiger partial charge in [0.25, 0.3) is 5.91 Å². The summed E-state index contributed by atoms with van der Waals surface area (Å²) >= 11 is 0. The van der Waals surface area contributed by atoms with Crippen LogP contribution in [0.3, 0.4) is 0 Å². The molecule has 0 spiro atoms. The Kier molecular flexibility index (Phi) is 5.46. The Hall–Kier alpha value is -2.94. The molecule has 4 rings (SSSR count). The molecule has 0 aliphatic carbocycles. The molecule has 30 heavy (non-hydrogen) atoms. The lowest BCUT2D eigenvalue weighted by atomic mass is 10.1. The van der Waals surface area contributed by atoms with Gasteiger partial charge in [-0.05, 0) is 51.3 Å². The second-order valence-corrected chi connectivity index (χ2v) is 9.45. The van der Waals surface area contributed by atoms with Crippen LogP contribution in [0.1, 0.15) is 42.4 Å². The number of aromatic nitrogens is 3. The number of carbonyl (C=O) groups excluding carboxylic acids is 1. The lowest BCUT2D eigenvalue weighted by molar-refractivity contribution is 0.0977. The summed E-state index contributed by atoms with van der Waals surface area (Å²) in [6, 6.07) is 11.3. The summed E-state index contributed by atoms with van der Waals surface area (Å²) in [7, 11) is -3.69. The second kappa shape index (κ2) is 8.06. The minimum atomic E-state index is -3.69. The third-order valence-electron chi connectivity index (χ3n) is 5.35. The summed E-state index contributed by atoms with van der Waals surface area (Å²) in [5.74, 6) is -0.906. The van der Waals surface area contributed by atoms with Gasteiger partial charge < -0.3 is 4.90 Å². The first-order valence-corrected chi connectivity index (χ1v) is 11.8. The van der Waals surface area contributed by atoms with Crippen LogP contribution >= 0.6 is 0 Å². The average molecular weight is 428 g/mol. The number of nitrogens with zero attached hydrogens (tertiary/aromatic N) is 4. The number of para-hydroxylation sites is 1. The van der Waals surface area contributed by atoms with Gasteiger partial charge in [-0.3, -0.25) is 4.79 Å². The number of anilines is 1. The van der Waals surface area contributed by atoms with Gasteiger partial charge in [-0.1, -0.05) is 18.2 Å². The normalized spacial score (nSPS) is 14.8. The van der Waals surface area contributed by atoms with Gasteiger partial charge in [0.15, 0.2) is 5.65 Å². The Balaban J connectivity index is 1.91. The van der Waals surface area contributed by atoms with E-state index in [2.05, 4.69) is 19.7 Å². The zero-order chi connectivity index (χ0) is 21.3. The molecule has 8 nitrogen and oxygen atoms in total. The largest absolute Gasteiger partial charge is 0.371 e. The first-order chi connectivity index (χ1) is 14.4. The van der Waals surface area contributed by atoms with E-state index in [1.165, 1.54) is 13.3 Å². The van der Waals surface area contributed by atoms with Crippen molar-refractivity contribution in [3.63, 3.8) is 0 Å². The Labute approximate surface area is 176 Å². The standard InChI is InChI=1S/C21H25N5O3S/c1-3-30(28,29)24-21(27)17-14-18(25-12-8-5-9-13-25)19-15(2)23-26(20(19)22-17)16-10-6-4-7-11-16/h4,6-7,10-11,14H,3,5,8-9,12-13H2,1-2H3,(H,24,27). The van der Waals surface area contributed by atoms with Gasteiger partial charge in [0.2, 0.25) is 10.0 Å². The fraction of sp³-hybridized carbons (Fsp3) is 0.381. The first kappa shape index (κ1) is 20.3. The highest BCUT2D eigenvalue weighted by Crippen LogP contribution is 2.32. The number of hydrogen-bond acceptors (Lipinski definition) is 6. The van der Waals surface area contributed by atoms with Crippen LogP contribution in [0.5, 0.6) is 0 Å². The molecule has 3 aromatic rings. The van der Waals surface area contributed by atoms with Gasteiger partial charge in [-0.2, -0.15) is 5.10 Å². The highest BCUT2D eigenvalue weighted by Gasteiger charge is 2.24. The molecule has 2 aromatic heterocycles. The number of sulfonamides is 1. The lowest BCUT2D eigenvalue weighted by Gasteiger charge is -2.29. The van der Waals surface area contributed by atoms with Gasteiger partial charge in [0.05, 0.1) is 28.2 Å². The molecule has 9 heteroatoms. The predicted octanol–water partition coefficient (Wildman–Crippen LogP) is 2.80. The van der Waals surface area contributed by atoms with Crippen molar-refractivity contribution in [1.82, 2.24) is 19.5 Å². The van der Waals surface area contributed by atoms with Crippen molar-refractivity contribution in [3.05, 3.63) is 47.8 Å². The number of aryl methyl sites for hydroxylation is 1. The maximum atomic E-state index is 12.8. The van der Waals surface area contributed by atoms with Crippen LogP contribution in [-0.4, -0.2) is 47.9 Å². The van der Waals surface area contributed by atoms with Gasteiger partial charge >= 0.3 is 0 Å². The zero-order valence-corrected chi connectivity index (χ0v) is 17.9. The lowest BCUT2D eigenvalue weighted by Crippen LogP contribution is -2.33. The van der Waals surface area contributed by atoms with Crippen molar-refractivity contribution in [2.24, 2.45) is 0 Å². The van der Waals surface area contributed by atoms with Crippen LogP contribution in [0.4, 0.5) is 5.69 Å². The SMILES string of the molecule is CCS(=O)(=O)NC(=O)c1cc(N2CCCCC2)c2c(C)nn(-c3ccccc3)c2n1. The average Bonchev–Trinajstić information content (AvgIpc) is 3.10. The summed E-state index contributed by atoms with van der Waals surface area (Å²) < 4.78 is 27.7. The van der Waals surface area contributed by atoms with Gasteiger partial charge in [0, 0.05) is 13.1 Å². The monoisotopic (exact) mass is 427 g/mol. The predicted molar refractivity (Wildman–Crippen MR) is 117 cm³/mol. The zero-order valence-electron chi connectivity index (χ0n) is 17.1. The maximum Gasteiger partial charge on any atom is 0.283 e. The molecule has 0 radical (unpaired) electrons. The van der Waals surface area contributed by atoms with E-state index in [1.54, 1.807) is 10.7 Å². The van der Waals surface area contributed by atoms with E-state index in [9.17, 15) is 13.2 Å². The Bertz CT molecular complexity index is 1180. The Morgan fingerprint density at radius 2 is 1.83 bits per heavy atom. The molecule has 0 atom stereocenters. The van der Waals surface area contributed by atoms with Crippen LogP contribution in [0.2, 0.25) is 0 Å². The summed E-state index contributed by atoms with van der Waals surface area (Å²) in [6.07, 6.45) is 3.32. The number of carbonyl (C=O) groups is 1.